The number of allylic oxidation sites excluding steroid dienone is 1. The van der Waals surface area contributed by atoms with E-state index in [1.165, 1.54) is 24.3 Å². The van der Waals surface area contributed by atoms with Crippen LogP contribution in [0.1, 0.15) is 22.4 Å². The lowest BCUT2D eigenvalue weighted by Gasteiger charge is -2.13. The maximum atomic E-state index is 13.6. The summed E-state index contributed by atoms with van der Waals surface area (Å²) in [6.07, 6.45) is 2.25. The summed E-state index contributed by atoms with van der Waals surface area (Å²) in [6.45, 7) is 0. The molecule has 0 amide bonds. The molecule has 0 saturated carbocycles. The summed E-state index contributed by atoms with van der Waals surface area (Å²) in [4.78, 5) is 5.48. The van der Waals surface area contributed by atoms with E-state index in [0.717, 1.165) is 77.9 Å². The van der Waals surface area contributed by atoms with Gasteiger partial charge < -0.3 is 9.13 Å². The van der Waals surface area contributed by atoms with E-state index in [-0.39, 0.29) is 9.79 Å². The van der Waals surface area contributed by atoms with Crippen molar-refractivity contribution in [3.05, 3.63) is 162 Å². The molecule has 2 aromatic heterocycles. The van der Waals surface area contributed by atoms with Crippen LogP contribution in [0.4, 0.5) is 5.69 Å². The molecule has 0 unspecified atom stereocenters. The predicted octanol–water partition coefficient (Wildman–Crippen LogP) is 9.42. The highest BCUT2D eigenvalue weighted by molar-refractivity contribution is 7.91. The molecule has 1 aliphatic heterocycles. The lowest BCUT2D eigenvalue weighted by atomic mass is 10.0. The Labute approximate surface area is 281 Å². The van der Waals surface area contributed by atoms with Crippen LogP contribution in [0.15, 0.2) is 154 Å². The Morgan fingerprint density at radius 3 is 2.06 bits per heavy atom. The normalized spacial score (nSPS) is 13.3. The highest BCUT2D eigenvalue weighted by Gasteiger charge is 2.35. The van der Waals surface area contributed by atoms with Crippen LogP contribution in [-0.2, 0) is 9.84 Å². The molecular weight excluding hydrogens is 625 g/mol. The van der Waals surface area contributed by atoms with E-state index < -0.39 is 9.84 Å². The van der Waals surface area contributed by atoms with Crippen molar-refractivity contribution in [2.75, 3.05) is 0 Å². The number of sulfone groups is 1. The van der Waals surface area contributed by atoms with Gasteiger partial charge in [0, 0.05) is 44.2 Å². The van der Waals surface area contributed by atoms with Crippen molar-refractivity contribution in [2.24, 2.45) is 4.99 Å². The van der Waals surface area contributed by atoms with Crippen molar-refractivity contribution < 1.29 is 8.42 Å². The minimum absolute atomic E-state index is 0.147. The van der Waals surface area contributed by atoms with Gasteiger partial charge in [-0.05, 0) is 84.9 Å². The highest BCUT2D eigenvalue weighted by Crippen LogP contribution is 2.49. The van der Waals surface area contributed by atoms with E-state index in [0.29, 0.717) is 5.56 Å². The van der Waals surface area contributed by atoms with E-state index in [1.54, 1.807) is 12.1 Å². The number of benzene rings is 6. The lowest BCUT2D eigenvalue weighted by Crippen LogP contribution is -2.07. The average molecular weight is 649 g/mol. The molecule has 0 fully saturated rings. The fourth-order valence-corrected chi connectivity index (χ4v) is 8.80. The molecule has 0 atom stereocenters. The van der Waals surface area contributed by atoms with Crippen molar-refractivity contribution in [2.45, 2.75) is 9.79 Å². The smallest absolute Gasteiger partial charge is 0.206 e. The topological polar surface area (TPSA) is 80.1 Å². The van der Waals surface area contributed by atoms with Gasteiger partial charge >= 0.3 is 0 Å². The second-order valence-corrected chi connectivity index (χ2v) is 14.3. The fraction of sp³-hybridized carbons (Fsp3) is 0. The fourth-order valence-electron chi connectivity index (χ4n) is 7.54. The number of hydrogen-bond donors (Lipinski definition) is 0. The molecule has 7 heteroatoms. The monoisotopic (exact) mass is 648 g/mol. The van der Waals surface area contributed by atoms with Gasteiger partial charge in [0.05, 0.1) is 55.1 Å². The number of fused-ring (bicyclic) bond motifs is 11. The number of hydrogen-bond acceptors (Lipinski definition) is 4. The molecule has 6 nitrogen and oxygen atoms in total. The van der Waals surface area contributed by atoms with Gasteiger partial charge in [-0.3, -0.25) is 0 Å². The summed E-state index contributed by atoms with van der Waals surface area (Å²) in [6, 6.07) is 46.7. The van der Waals surface area contributed by atoms with Crippen molar-refractivity contribution in [3.63, 3.8) is 0 Å². The number of nitrogens with zero attached hydrogens (tertiary/aromatic N) is 4. The van der Waals surface area contributed by atoms with E-state index >= 15 is 0 Å². The van der Waals surface area contributed by atoms with Crippen LogP contribution < -0.4 is 0 Å². The summed E-state index contributed by atoms with van der Waals surface area (Å²) in [5.74, 6) is 0. The van der Waals surface area contributed by atoms with Crippen LogP contribution in [0.25, 0.3) is 55.7 Å². The van der Waals surface area contributed by atoms with Crippen molar-refractivity contribution >= 4 is 65.6 Å². The summed E-state index contributed by atoms with van der Waals surface area (Å²) < 4.78 is 31.9. The van der Waals surface area contributed by atoms with Crippen molar-refractivity contribution in [3.8, 4) is 17.4 Å². The van der Waals surface area contributed by atoms with E-state index in [2.05, 4.69) is 81.9 Å². The Hall–Kier alpha value is -6.49. The first kappa shape index (κ1) is 27.6. The highest BCUT2D eigenvalue weighted by atomic mass is 32.2. The number of aliphatic imine (C=N–C) groups is 1. The maximum absolute atomic E-state index is 13.6. The zero-order valence-corrected chi connectivity index (χ0v) is 26.7. The molecule has 8 aromatic rings. The molecule has 0 spiro atoms. The van der Waals surface area contributed by atoms with Gasteiger partial charge in [0.1, 0.15) is 0 Å². The third-order valence-corrected chi connectivity index (χ3v) is 11.5. The molecule has 3 heterocycles. The third-order valence-electron chi connectivity index (χ3n) is 9.71. The van der Waals surface area contributed by atoms with Gasteiger partial charge in [-0.15, -0.1) is 0 Å². The summed E-state index contributed by atoms with van der Waals surface area (Å²) in [5.41, 5.74) is 11.7. The van der Waals surface area contributed by atoms with Gasteiger partial charge in [0.25, 0.3) is 0 Å². The average Bonchev–Trinajstić information content (AvgIpc) is 3.88. The Balaban J connectivity index is 1.26. The predicted molar refractivity (Wildman–Crippen MR) is 195 cm³/mol. The molecule has 0 N–H and O–H groups in total. The van der Waals surface area contributed by atoms with Crippen LogP contribution in [0.3, 0.4) is 0 Å². The summed E-state index contributed by atoms with van der Waals surface area (Å²) in [5, 5.41) is 12.5. The number of rotatable bonds is 4. The Morgan fingerprint density at radius 1 is 0.612 bits per heavy atom. The van der Waals surface area contributed by atoms with E-state index in [1.807, 2.05) is 42.5 Å². The van der Waals surface area contributed by atoms with Gasteiger partial charge in [-0.1, -0.05) is 60.7 Å². The number of nitriles is 1. The molecule has 2 aliphatic rings. The molecule has 0 radical (unpaired) electrons. The van der Waals surface area contributed by atoms with Crippen LogP contribution in [0.5, 0.6) is 0 Å². The number of aromatic nitrogens is 2. The second kappa shape index (κ2) is 10.0. The molecule has 230 valence electrons. The van der Waals surface area contributed by atoms with Gasteiger partial charge in [0.15, 0.2) is 0 Å². The Kier molecular flexibility index (Phi) is 5.64. The maximum Gasteiger partial charge on any atom is 0.206 e. The van der Waals surface area contributed by atoms with Gasteiger partial charge in [0.2, 0.25) is 9.84 Å². The first-order valence-corrected chi connectivity index (χ1v) is 17.4. The molecule has 10 rings (SSSR count). The van der Waals surface area contributed by atoms with Crippen LogP contribution in [0.2, 0.25) is 0 Å². The number of para-hydroxylation sites is 3. The second-order valence-electron chi connectivity index (χ2n) is 12.3. The summed E-state index contributed by atoms with van der Waals surface area (Å²) >= 11 is 0. The first-order valence-electron chi connectivity index (χ1n) is 16.0. The molecule has 6 aromatic carbocycles. The van der Waals surface area contributed by atoms with E-state index in [4.69, 9.17) is 4.99 Å². The van der Waals surface area contributed by atoms with Crippen LogP contribution in [0, 0.1) is 11.3 Å². The zero-order valence-electron chi connectivity index (χ0n) is 25.9. The zero-order chi connectivity index (χ0) is 32.9. The molecule has 1 aliphatic carbocycles. The van der Waals surface area contributed by atoms with E-state index in [9.17, 15) is 13.7 Å². The van der Waals surface area contributed by atoms with Gasteiger partial charge in [-0.25, -0.2) is 13.4 Å². The Bertz CT molecular complexity index is 2920. The SMILES string of the molecule is N#Cc1ccc(S(=O)(=O)c2ccc(-n3c4c(c5ccc6c(c7ccccc7n6-c6ccccc6)c53)C=C3C4=Nc4ccccc43)cc2)cc1. The largest absolute Gasteiger partial charge is 0.309 e. The minimum atomic E-state index is -3.80. The quantitative estimate of drug-likeness (QED) is 0.191. The van der Waals surface area contributed by atoms with Crippen LogP contribution >= 0.6 is 0 Å². The van der Waals surface area contributed by atoms with Crippen LogP contribution in [-0.4, -0.2) is 23.3 Å². The molecule has 0 saturated heterocycles. The molecule has 49 heavy (non-hydrogen) atoms. The lowest BCUT2D eigenvalue weighted by molar-refractivity contribution is 0.596. The minimum Gasteiger partial charge on any atom is -0.309 e. The summed E-state index contributed by atoms with van der Waals surface area (Å²) in [7, 11) is -3.80. The first-order chi connectivity index (χ1) is 24.0. The molecular formula is C42H24N4O2S. The molecule has 0 bridgehead atoms. The third kappa shape index (κ3) is 3.80. The Morgan fingerprint density at radius 2 is 1.29 bits per heavy atom. The van der Waals surface area contributed by atoms with Gasteiger partial charge in [-0.2, -0.15) is 5.26 Å². The standard InChI is InChI=1S/C42H24N4O2S/c43-25-26-14-18-29(19-15-26)49(47,48)30-20-16-28(17-21-30)46-41-32(35-24-34-31-10-4-6-12-36(31)44-40(34)42(35)46)22-23-38-39(41)33-11-5-7-13-37(33)45(38)27-8-2-1-3-9-27/h1-24H. The van der Waals surface area contributed by atoms with Crippen molar-refractivity contribution in [1.29, 1.82) is 5.26 Å². The van der Waals surface area contributed by atoms with Crippen molar-refractivity contribution in [1.82, 2.24) is 9.13 Å².